The van der Waals surface area contributed by atoms with Crippen molar-refractivity contribution in [3.05, 3.63) is 23.0 Å². The van der Waals surface area contributed by atoms with Crippen molar-refractivity contribution in [1.82, 2.24) is 14.6 Å². The van der Waals surface area contributed by atoms with Crippen LogP contribution in [0.4, 0.5) is 5.82 Å². The fourth-order valence-electron chi connectivity index (χ4n) is 2.60. The van der Waals surface area contributed by atoms with Gasteiger partial charge in [0.05, 0.1) is 5.69 Å². The van der Waals surface area contributed by atoms with Crippen LogP contribution >= 0.6 is 0 Å². The van der Waals surface area contributed by atoms with Gasteiger partial charge in [-0.25, -0.2) is 4.98 Å². The number of aryl methyl sites for hydroxylation is 2. The molecule has 0 atom stereocenters. The number of nitrogen functional groups attached to an aromatic ring is 1. The zero-order valence-electron chi connectivity index (χ0n) is 12.4. The molecule has 2 rings (SSSR count). The Morgan fingerprint density at radius 3 is 2.53 bits per heavy atom. The monoisotopic (exact) mass is 260 g/mol. The molecule has 2 aromatic rings. The highest BCUT2D eigenvalue weighted by Crippen LogP contribution is 2.24. The standard InChI is InChI=1S/C15H24N4/c1-5-11(6-2)9-12-13(7-3)17-14-8-10(4)18-19(14)15(12)16/h8,11H,5-7,9,16H2,1-4H3. The van der Waals surface area contributed by atoms with Gasteiger partial charge in [-0.3, -0.25) is 0 Å². The summed E-state index contributed by atoms with van der Waals surface area (Å²) in [7, 11) is 0. The molecule has 0 amide bonds. The first-order valence-corrected chi connectivity index (χ1v) is 7.24. The largest absolute Gasteiger partial charge is 0.383 e. The van der Waals surface area contributed by atoms with Crippen molar-refractivity contribution in [2.24, 2.45) is 5.92 Å². The Labute approximate surface area is 115 Å². The molecule has 0 aliphatic heterocycles. The molecule has 4 heteroatoms. The Hall–Kier alpha value is -1.58. The highest BCUT2D eigenvalue weighted by molar-refractivity contribution is 5.53. The highest BCUT2D eigenvalue weighted by atomic mass is 15.3. The van der Waals surface area contributed by atoms with Crippen molar-refractivity contribution in [3.8, 4) is 0 Å². The first-order chi connectivity index (χ1) is 9.10. The molecule has 0 unspecified atom stereocenters. The number of hydrogen-bond donors (Lipinski definition) is 1. The molecule has 0 aliphatic carbocycles. The van der Waals surface area contributed by atoms with Crippen molar-refractivity contribution >= 4 is 11.5 Å². The van der Waals surface area contributed by atoms with Crippen LogP contribution in [-0.2, 0) is 12.8 Å². The summed E-state index contributed by atoms with van der Waals surface area (Å²) in [4.78, 5) is 4.72. The minimum absolute atomic E-state index is 0.670. The van der Waals surface area contributed by atoms with Gasteiger partial charge in [-0.05, 0) is 25.7 Å². The predicted molar refractivity (Wildman–Crippen MR) is 79.3 cm³/mol. The van der Waals surface area contributed by atoms with Crippen molar-refractivity contribution in [1.29, 1.82) is 0 Å². The van der Waals surface area contributed by atoms with Gasteiger partial charge in [-0.1, -0.05) is 33.6 Å². The van der Waals surface area contributed by atoms with Gasteiger partial charge in [0.1, 0.15) is 5.82 Å². The van der Waals surface area contributed by atoms with E-state index in [0.717, 1.165) is 35.7 Å². The second-order valence-corrected chi connectivity index (χ2v) is 5.22. The Bertz CT molecular complexity index is 567. The SMILES string of the molecule is CCc1nc2cc(C)nn2c(N)c1CC(CC)CC. The number of fused-ring (bicyclic) bond motifs is 1. The molecule has 0 saturated carbocycles. The summed E-state index contributed by atoms with van der Waals surface area (Å²) in [6.45, 7) is 8.58. The number of rotatable bonds is 5. The molecule has 0 fully saturated rings. The van der Waals surface area contributed by atoms with E-state index >= 15 is 0 Å². The van der Waals surface area contributed by atoms with E-state index in [1.54, 1.807) is 4.52 Å². The van der Waals surface area contributed by atoms with Gasteiger partial charge in [0.2, 0.25) is 0 Å². The van der Waals surface area contributed by atoms with Gasteiger partial charge in [-0.15, -0.1) is 0 Å². The maximum Gasteiger partial charge on any atom is 0.157 e. The van der Waals surface area contributed by atoms with E-state index in [9.17, 15) is 0 Å². The average molecular weight is 260 g/mol. The Morgan fingerprint density at radius 2 is 1.95 bits per heavy atom. The Kier molecular flexibility index (Phi) is 4.08. The van der Waals surface area contributed by atoms with E-state index in [2.05, 4.69) is 25.9 Å². The lowest BCUT2D eigenvalue weighted by Gasteiger charge is -2.17. The van der Waals surface area contributed by atoms with Crippen molar-refractivity contribution in [2.45, 2.75) is 53.4 Å². The van der Waals surface area contributed by atoms with E-state index in [1.165, 1.54) is 18.4 Å². The topological polar surface area (TPSA) is 56.2 Å². The fraction of sp³-hybridized carbons (Fsp3) is 0.600. The van der Waals surface area contributed by atoms with Gasteiger partial charge in [0.15, 0.2) is 5.65 Å². The van der Waals surface area contributed by atoms with Gasteiger partial charge in [-0.2, -0.15) is 9.61 Å². The van der Waals surface area contributed by atoms with Crippen LogP contribution in [-0.4, -0.2) is 14.6 Å². The smallest absolute Gasteiger partial charge is 0.157 e. The molecule has 19 heavy (non-hydrogen) atoms. The molecular weight excluding hydrogens is 236 g/mol. The number of aromatic nitrogens is 3. The van der Waals surface area contributed by atoms with Crippen LogP contribution in [0.2, 0.25) is 0 Å². The maximum atomic E-state index is 6.33. The summed E-state index contributed by atoms with van der Waals surface area (Å²) in [5.74, 6) is 1.44. The minimum atomic E-state index is 0.670. The van der Waals surface area contributed by atoms with E-state index in [4.69, 9.17) is 10.7 Å². The molecule has 0 saturated heterocycles. The quantitative estimate of drug-likeness (QED) is 0.898. The maximum absolute atomic E-state index is 6.33. The Morgan fingerprint density at radius 1 is 1.26 bits per heavy atom. The van der Waals surface area contributed by atoms with Crippen LogP contribution in [0.3, 0.4) is 0 Å². The third-order valence-electron chi connectivity index (χ3n) is 3.93. The molecule has 4 nitrogen and oxygen atoms in total. The lowest BCUT2D eigenvalue weighted by molar-refractivity contribution is 0.487. The third kappa shape index (κ3) is 2.57. The fourth-order valence-corrected chi connectivity index (χ4v) is 2.60. The molecule has 0 spiro atoms. The van der Waals surface area contributed by atoms with Gasteiger partial charge >= 0.3 is 0 Å². The molecule has 0 aliphatic rings. The van der Waals surface area contributed by atoms with Crippen LogP contribution in [0.1, 0.15) is 50.6 Å². The first-order valence-electron chi connectivity index (χ1n) is 7.24. The number of nitrogens with two attached hydrogens (primary N) is 1. The zero-order valence-corrected chi connectivity index (χ0v) is 12.4. The highest BCUT2D eigenvalue weighted by Gasteiger charge is 2.16. The summed E-state index contributed by atoms with van der Waals surface area (Å²) in [6, 6.07) is 1.98. The first kappa shape index (κ1) is 13.8. The van der Waals surface area contributed by atoms with E-state index in [1.807, 2.05) is 13.0 Å². The van der Waals surface area contributed by atoms with Gasteiger partial charge in [0.25, 0.3) is 0 Å². The van der Waals surface area contributed by atoms with Crippen LogP contribution in [0, 0.1) is 12.8 Å². The third-order valence-corrected chi connectivity index (χ3v) is 3.93. The normalized spacial score (nSPS) is 11.6. The second kappa shape index (κ2) is 5.59. The average Bonchev–Trinajstić information content (AvgIpc) is 2.78. The summed E-state index contributed by atoms with van der Waals surface area (Å²) >= 11 is 0. The van der Waals surface area contributed by atoms with Crippen LogP contribution < -0.4 is 5.73 Å². The number of nitrogens with zero attached hydrogens (tertiary/aromatic N) is 3. The van der Waals surface area contributed by atoms with Crippen LogP contribution in [0.5, 0.6) is 0 Å². The molecule has 0 bridgehead atoms. The molecule has 0 aromatic carbocycles. The van der Waals surface area contributed by atoms with Gasteiger partial charge in [0, 0.05) is 17.3 Å². The predicted octanol–water partition coefficient (Wildman–Crippen LogP) is 3.16. The molecule has 2 aromatic heterocycles. The molecule has 2 heterocycles. The van der Waals surface area contributed by atoms with Gasteiger partial charge < -0.3 is 5.73 Å². The number of anilines is 1. The molecule has 2 N–H and O–H groups in total. The number of hydrogen-bond acceptors (Lipinski definition) is 3. The van der Waals surface area contributed by atoms with E-state index in [0.29, 0.717) is 5.92 Å². The van der Waals surface area contributed by atoms with Crippen LogP contribution in [0.15, 0.2) is 6.07 Å². The van der Waals surface area contributed by atoms with Crippen LogP contribution in [0.25, 0.3) is 5.65 Å². The van der Waals surface area contributed by atoms with Crippen molar-refractivity contribution < 1.29 is 0 Å². The lowest BCUT2D eigenvalue weighted by atomic mass is 9.93. The molecule has 104 valence electrons. The lowest BCUT2D eigenvalue weighted by Crippen LogP contribution is -2.13. The summed E-state index contributed by atoms with van der Waals surface area (Å²) in [5, 5.41) is 4.44. The second-order valence-electron chi connectivity index (χ2n) is 5.22. The van der Waals surface area contributed by atoms with Crippen molar-refractivity contribution in [3.63, 3.8) is 0 Å². The molecular formula is C15H24N4. The Balaban J connectivity index is 2.53. The van der Waals surface area contributed by atoms with Crippen molar-refractivity contribution in [2.75, 3.05) is 5.73 Å². The van der Waals surface area contributed by atoms with E-state index < -0.39 is 0 Å². The summed E-state index contributed by atoms with van der Waals surface area (Å²) in [5.41, 5.74) is 10.5. The minimum Gasteiger partial charge on any atom is -0.383 e. The summed E-state index contributed by atoms with van der Waals surface area (Å²) in [6.07, 6.45) is 4.27. The summed E-state index contributed by atoms with van der Waals surface area (Å²) < 4.78 is 1.78. The van der Waals surface area contributed by atoms with E-state index in [-0.39, 0.29) is 0 Å². The molecule has 0 radical (unpaired) electrons. The zero-order chi connectivity index (χ0) is 14.0.